The predicted molar refractivity (Wildman–Crippen MR) is 53.6 cm³/mol. The largest absolute Gasteiger partial charge is 0.134 e. The highest BCUT2D eigenvalue weighted by Gasteiger charge is 1.97. The van der Waals surface area contributed by atoms with Gasteiger partial charge in [0.05, 0.1) is 0 Å². The maximum Gasteiger partial charge on any atom is 0.0449 e. The van der Waals surface area contributed by atoms with Gasteiger partial charge in [-0.2, -0.15) is 0 Å². The van der Waals surface area contributed by atoms with Gasteiger partial charge in [0.1, 0.15) is 0 Å². The summed E-state index contributed by atoms with van der Waals surface area (Å²) >= 11 is 7.46. The SMILES string of the molecule is Clc1cccc(-c2cc[c]s2)c1. The van der Waals surface area contributed by atoms with E-state index in [0.29, 0.717) is 0 Å². The Morgan fingerprint density at radius 1 is 1.25 bits per heavy atom. The zero-order valence-electron chi connectivity index (χ0n) is 6.25. The first-order valence-electron chi connectivity index (χ1n) is 3.58. The molecule has 59 valence electrons. The molecule has 0 bridgehead atoms. The van der Waals surface area contributed by atoms with E-state index < -0.39 is 0 Å². The number of benzene rings is 1. The van der Waals surface area contributed by atoms with Crippen LogP contribution in [0.3, 0.4) is 0 Å². The van der Waals surface area contributed by atoms with Crippen molar-refractivity contribution < 1.29 is 0 Å². The summed E-state index contributed by atoms with van der Waals surface area (Å²) in [6, 6.07) is 11.8. The Morgan fingerprint density at radius 2 is 2.17 bits per heavy atom. The first kappa shape index (κ1) is 7.84. The minimum Gasteiger partial charge on any atom is -0.134 e. The molecule has 0 aliphatic heterocycles. The van der Waals surface area contributed by atoms with Gasteiger partial charge < -0.3 is 0 Å². The van der Waals surface area contributed by atoms with E-state index in [4.69, 9.17) is 11.6 Å². The minimum absolute atomic E-state index is 0.779. The standard InChI is InChI=1S/C10H6ClS/c11-9-4-1-3-8(7-9)10-5-2-6-12-10/h1-5,7H. The zero-order valence-corrected chi connectivity index (χ0v) is 7.82. The van der Waals surface area contributed by atoms with Crippen LogP contribution in [0, 0.1) is 5.38 Å². The molecule has 0 aliphatic carbocycles. The van der Waals surface area contributed by atoms with Crippen LogP contribution >= 0.6 is 22.9 Å². The average Bonchev–Trinajstić information content (AvgIpc) is 2.56. The number of halogens is 1. The first-order valence-corrected chi connectivity index (χ1v) is 4.77. The summed E-state index contributed by atoms with van der Waals surface area (Å²) in [5.41, 5.74) is 1.16. The highest BCUT2D eigenvalue weighted by Crippen LogP contribution is 2.26. The van der Waals surface area contributed by atoms with Crippen molar-refractivity contribution in [3.05, 3.63) is 46.8 Å². The van der Waals surface area contributed by atoms with Crippen molar-refractivity contribution in [3.8, 4) is 10.4 Å². The molecule has 1 aromatic carbocycles. The highest BCUT2D eigenvalue weighted by atomic mass is 35.5. The second kappa shape index (κ2) is 3.30. The van der Waals surface area contributed by atoms with Gasteiger partial charge in [-0.25, -0.2) is 0 Å². The Labute approximate surface area is 80.4 Å². The van der Waals surface area contributed by atoms with Crippen molar-refractivity contribution in [2.75, 3.05) is 0 Å². The average molecular weight is 194 g/mol. The summed E-state index contributed by atoms with van der Waals surface area (Å²) in [6.07, 6.45) is 0. The fourth-order valence-electron chi connectivity index (χ4n) is 1.04. The van der Waals surface area contributed by atoms with Crippen molar-refractivity contribution in [2.24, 2.45) is 0 Å². The molecule has 0 saturated carbocycles. The molecule has 0 fully saturated rings. The summed E-state index contributed by atoms with van der Waals surface area (Å²) in [7, 11) is 0. The summed E-state index contributed by atoms with van der Waals surface area (Å²) in [5, 5.41) is 3.82. The molecule has 0 spiro atoms. The molecule has 0 atom stereocenters. The van der Waals surface area contributed by atoms with E-state index >= 15 is 0 Å². The first-order chi connectivity index (χ1) is 5.86. The summed E-state index contributed by atoms with van der Waals surface area (Å²) in [4.78, 5) is 1.21. The lowest BCUT2D eigenvalue weighted by molar-refractivity contribution is 1.70. The summed E-state index contributed by atoms with van der Waals surface area (Å²) < 4.78 is 0. The molecule has 0 saturated heterocycles. The van der Waals surface area contributed by atoms with E-state index in [9.17, 15) is 0 Å². The van der Waals surface area contributed by atoms with Crippen LogP contribution in [0.1, 0.15) is 0 Å². The molecule has 0 nitrogen and oxygen atoms in total. The normalized spacial score (nSPS) is 10.1. The fraction of sp³-hybridized carbons (Fsp3) is 0. The van der Waals surface area contributed by atoms with Crippen molar-refractivity contribution in [1.82, 2.24) is 0 Å². The quantitative estimate of drug-likeness (QED) is 0.645. The molecule has 1 aromatic heterocycles. The molecule has 12 heavy (non-hydrogen) atoms. The van der Waals surface area contributed by atoms with E-state index in [2.05, 4.69) is 5.38 Å². The smallest absolute Gasteiger partial charge is 0.0449 e. The van der Waals surface area contributed by atoms with E-state index in [0.717, 1.165) is 10.6 Å². The van der Waals surface area contributed by atoms with Crippen LogP contribution in [0.25, 0.3) is 10.4 Å². The fourth-order valence-corrected chi connectivity index (χ4v) is 1.87. The second-order valence-corrected chi connectivity index (χ2v) is 3.74. The number of rotatable bonds is 1. The lowest BCUT2D eigenvalue weighted by atomic mass is 10.2. The summed E-state index contributed by atoms with van der Waals surface area (Å²) in [5.74, 6) is 0. The van der Waals surface area contributed by atoms with Crippen LogP contribution in [0.5, 0.6) is 0 Å². The Kier molecular flexibility index (Phi) is 2.15. The van der Waals surface area contributed by atoms with Crippen LogP contribution in [0.2, 0.25) is 5.02 Å². The van der Waals surface area contributed by atoms with Crippen LogP contribution in [-0.2, 0) is 0 Å². The Bertz CT molecular complexity index is 365. The van der Waals surface area contributed by atoms with E-state index in [1.165, 1.54) is 4.88 Å². The Morgan fingerprint density at radius 3 is 2.83 bits per heavy atom. The van der Waals surface area contributed by atoms with Crippen molar-refractivity contribution in [3.63, 3.8) is 0 Å². The zero-order chi connectivity index (χ0) is 8.39. The van der Waals surface area contributed by atoms with E-state index in [1.54, 1.807) is 11.3 Å². The van der Waals surface area contributed by atoms with Gasteiger partial charge in [-0.05, 0) is 29.8 Å². The number of hydrogen-bond acceptors (Lipinski definition) is 1. The highest BCUT2D eigenvalue weighted by molar-refractivity contribution is 7.13. The van der Waals surface area contributed by atoms with Crippen molar-refractivity contribution >= 4 is 22.9 Å². The third kappa shape index (κ3) is 1.52. The van der Waals surface area contributed by atoms with E-state index in [1.807, 2.05) is 36.4 Å². The predicted octanol–water partition coefficient (Wildman–Crippen LogP) is 3.87. The van der Waals surface area contributed by atoms with Gasteiger partial charge in [0.25, 0.3) is 0 Å². The Balaban J connectivity index is 2.48. The van der Waals surface area contributed by atoms with Crippen LogP contribution in [0.4, 0.5) is 0 Å². The van der Waals surface area contributed by atoms with Gasteiger partial charge in [-0.3, -0.25) is 0 Å². The monoisotopic (exact) mass is 193 g/mol. The third-order valence-electron chi connectivity index (χ3n) is 1.58. The van der Waals surface area contributed by atoms with Crippen LogP contribution in [-0.4, -0.2) is 0 Å². The van der Waals surface area contributed by atoms with Crippen LogP contribution in [0.15, 0.2) is 36.4 Å². The summed E-state index contributed by atoms with van der Waals surface area (Å²) in [6.45, 7) is 0. The molecule has 2 aromatic rings. The molecule has 0 N–H and O–H groups in total. The third-order valence-corrected chi connectivity index (χ3v) is 2.66. The second-order valence-electron chi connectivity index (χ2n) is 2.43. The minimum atomic E-state index is 0.779. The molecule has 1 radical (unpaired) electrons. The number of hydrogen-bond donors (Lipinski definition) is 0. The molecule has 0 amide bonds. The number of thiophene rings is 1. The molecule has 2 heteroatoms. The topological polar surface area (TPSA) is 0 Å². The molecule has 0 unspecified atom stereocenters. The Hall–Kier alpha value is -0.790. The molecule has 2 rings (SSSR count). The molecule has 0 aliphatic rings. The van der Waals surface area contributed by atoms with E-state index in [-0.39, 0.29) is 0 Å². The van der Waals surface area contributed by atoms with Gasteiger partial charge in [-0.1, -0.05) is 23.7 Å². The van der Waals surface area contributed by atoms with Gasteiger partial charge in [0.2, 0.25) is 0 Å². The van der Waals surface area contributed by atoms with Crippen LogP contribution < -0.4 is 0 Å². The maximum absolute atomic E-state index is 5.86. The van der Waals surface area contributed by atoms with Crippen molar-refractivity contribution in [1.29, 1.82) is 0 Å². The lowest BCUT2D eigenvalue weighted by Gasteiger charge is -1.96. The van der Waals surface area contributed by atoms with Gasteiger partial charge in [0.15, 0.2) is 0 Å². The van der Waals surface area contributed by atoms with Gasteiger partial charge >= 0.3 is 0 Å². The molecular formula is C10H6ClS. The molecule has 1 heterocycles. The molecular weight excluding hydrogens is 188 g/mol. The maximum atomic E-state index is 5.86. The van der Waals surface area contributed by atoms with Crippen molar-refractivity contribution in [2.45, 2.75) is 0 Å². The lowest BCUT2D eigenvalue weighted by Crippen LogP contribution is -1.70. The van der Waals surface area contributed by atoms with Gasteiger partial charge in [0, 0.05) is 15.3 Å². The van der Waals surface area contributed by atoms with Gasteiger partial charge in [-0.15, -0.1) is 11.3 Å².